The molecule has 0 saturated carbocycles. The van der Waals surface area contributed by atoms with E-state index in [0.717, 1.165) is 18.7 Å². The van der Waals surface area contributed by atoms with Gasteiger partial charge in [-0.25, -0.2) is 9.37 Å². The lowest BCUT2D eigenvalue weighted by Gasteiger charge is -2.07. The van der Waals surface area contributed by atoms with Crippen LogP contribution in [0.5, 0.6) is 0 Å². The Morgan fingerprint density at radius 3 is 2.55 bits per heavy atom. The Balaban J connectivity index is 1.88. The number of nitrogens with one attached hydrogen (secondary N) is 2. The third-order valence-corrected chi connectivity index (χ3v) is 3.22. The van der Waals surface area contributed by atoms with E-state index >= 15 is 0 Å². The average Bonchev–Trinajstić information content (AvgIpc) is 2.54. The lowest BCUT2D eigenvalue weighted by molar-refractivity contribution is 0.102. The van der Waals surface area contributed by atoms with Crippen LogP contribution < -0.4 is 10.6 Å². The molecule has 0 aliphatic carbocycles. The summed E-state index contributed by atoms with van der Waals surface area (Å²) in [4.78, 5) is 16.2. The highest BCUT2D eigenvalue weighted by Crippen LogP contribution is 2.12. The molecule has 0 spiro atoms. The molecule has 2 rings (SSSR count). The number of carbonyl (C=O) groups is 1. The predicted octanol–water partition coefficient (Wildman–Crippen LogP) is 4.08. The first kappa shape index (κ1) is 15.9. The third-order valence-electron chi connectivity index (χ3n) is 3.22. The van der Waals surface area contributed by atoms with Crippen LogP contribution in [0.25, 0.3) is 0 Å². The van der Waals surface area contributed by atoms with Crippen LogP contribution in [-0.4, -0.2) is 17.4 Å². The Hall–Kier alpha value is -2.43. The minimum atomic E-state index is -0.367. The maximum absolute atomic E-state index is 12.8. The molecule has 5 heteroatoms. The Labute approximate surface area is 129 Å². The van der Waals surface area contributed by atoms with Gasteiger partial charge < -0.3 is 10.6 Å². The van der Waals surface area contributed by atoms with Crippen LogP contribution >= 0.6 is 0 Å². The summed E-state index contributed by atoms with van der Waals surface area (Å²) in [6.45, 7) is 3.08. The monoisotopic (exact) mass is 301 g/mol. The topological polar surface area (TPSA) is 54.0 Å². The van der Waals surface area contributed by atoms with Crippen molar-refractivity contribution in [3.05, 3.63) is 54.0 Å². The summed E-state index contributed by atoms with van der Waals surface area (Å²) in [5, 5.41) is 5.96. The van der Waals surface area contributed by atoms with E-state index in [-0.39, 0.29) is 11.7 Å². The fourth-order valence-electron chi connectivity index (χ4n) is 1.97. The molecule has 0 radical (unpaired) electrons. The second-order valence-electron chi connectivity index (χ2n) is 5.03. The molecule has 0 fully saturated rings. The van der Waals surface area contributed by atoms with Crippen molar-refractivity contribution in [2.45, 2.75) is 26.2 Å². The van der Waals surface area contributed by atoms with Gasteiger partial charge in [-0.05, 0) is 42.8 Å². The van der Waals surface area contributed by atoms with Gasteiger partial charge in [0.1, 0.15) is 11.6 Å². The Morgan fingerprint density at radius 2 is 1.91 bits per heavy atom. The number of benzene rings is 1. The highest BCUT2D eigenvalue weighted by atomic mass is 19.1. The first-order chi connectivity index (χ1) is 10.7. The molecule has 0 unspecified atom stereocenters. The number of amides is 1. The zero-order valence-corrected chi connectivity index (χ0v) is 12.6. The summed E-state index contributed by atoms with van der Waals surface area (Å²) in [6.07, 6.45) is 5.20. The quantitative estimate of drug-likeness (QED) is 0.758. The van der Waals surface area contributed by atoms with Gasteiger partial charge >= 0.3 is 0 Å². The number of hydrogen-bond donors (Lipinski definition) is 2. The van der Waals surface area contributed by atoms with Crippen molar-refractivity contribution in [2.24, 2.45) is 0 Å². The maximum atomic E-state index is 12.8. The predicted molar refractivity (Wildman–Crippen MR) is 86.6 cm³/mol. The van der Waals surface area contributed by atoms with Gasteiger partial charge in [-0.3, -0.25) is 4.79 Å². The Kier molecular flexibility index (Phi) is 5.89. The molecule has 22 heavy (non-hydrogen) atoms. The van der Waals surface area contributed by atoms with Crippen LogP contribution in [0, 0.1) is 5.82 Å². The fraction of sp³-hybridized carbons (Fsp3) is 0.294. The molecular weight excluding hydrogens is 281 g/mol. The molecule has 1 heterocycles. The number of pyridine rings is 1. The van der Waals surface area contributed by atoms with Gasteiger partial charge in [-0.2, -0.15) is 0 Å². The zero-order valence-electron chi connectivity index (χ0n) is 12.6. The molecule has 0 bridgehead atoms. The Bertz CT molecular complexity index is 596. The first-order valence-corrected chi connectivity index (χ1v) is 7.46. The van der Waals surface area contributed by atoms with Crippen molar-refractivity contribution in [1.29, 1.82) is 0 Å². The first-order valence-electron chi connectivity index (χ1n) is 7.46. The van der Waals surface area contributed by atoms with E-state index in [4.69, 9.17) is 0 Å². The zero-order chi connectivity index (χ0) is 15.8. The maximum Gasteiger partial charge on any atom is 0.256 e. The minimum Gasteiger partial charge on any atom is -0.384 e. The molecule has 2 aromatic rings. The molecule has 1 aromatic heterocycles. The highest BCUT2D eigenvalue weighted by molar-refractivity contribution is 6.03. The number of rotatable bonds is 7. The second-order valence-corrected chi connectivity index (χ2v) is 5.03. The van der Waals surface area contributed by atoms with Crippen molar-refractivity contribution in [3.8, 4) is 0 Å². The van der Waals surface area contributed by atoms with Gasteiger partial charge in [0.25, 0.3) is 5.91 Å². The number of aromatic nitrogens is 1. The SMILES string of the molecule is CCCCCNc1ccc(NC(=O)c2ccc(F)cc2)nc1. The van der Waals surface area contributed by atoms with E-state index in [9.17, 15) is 9.18 Å². The van der Waals surface area contributed by atoms with E-state index in [1.165, 1.54) is 37.1 Å². The summed E-state index contributed by atoms with van der Waals surface area (Å²) >= 11 is 0. The van der Waals surface area contributed by atoms with Gasteiger partial charge in [0.05, 0.1) is 11.9 Å². The van der Waals surface area contributed by atoms with E-state index < -0.39 is 0 Å². The number of anilines is 2. The average molecular weight is 301 g/mol. The molecule has 1 amide bonds. The third kappa shape index (κ3) is 4.84. The number of carbonyl (C=O) groups excluding carboxylic acids is 1. The molecule has 116 valence electrons. The molecule has 0 aliphatic rings. The molecule has 0 atom stereocenters. The summed E-state index contributed by atoms with van der Waals surface area (Å²) in [7, 11) is 0. The number of hydrogen-bond acceptors (Lipinski definition) is 3. The van der Waals surface area contributed by atoms with Gasteiger partial charge in [0.2, 0.25) is 0 Å². The van der Waals surface area contributed by atoms with Gasteiger partial charge in [0.15, 0.2) is 0 Å². The van der Waals surface area contributed by atoms with Crippen LogP contribution in [0.15, 0.2) is 42.6 Å². The van der Waals surface area contributed by atoms with Crippen LogP contribution in [0.4, 0.5) is 15.9 Å². The fourth-order valence-corrected chi connectivity index (χ4v) is 1.97. The van der Waals surface area contributed by atoms with Crippen LogP contribution in [0.2, 0.25) is 0 Å². The second kappa shape index (κ2) is 8.12. The molecule has 2 N–H and O–H groups in total. The summed E-state index contributed by atoms with van der Waals surface area (Å²) in [5.74, 6) is -0.210. The summed E-state index contributed by atoms with van der Waals surface area (Å²) in [6, 6.07) is 9.00. The minimum absolute atomic E-state index is 0.309. The van der Waals surface area contributed by atoms with Gasteiger partial charge in [-0.15, -0.1) is 0 Å². The van der Waals surface area contributed by atoms with Gasteiger partial charge in [-0.1, -0.05) is 19.8 Å². The van der Waals surface area contributed by atoms with Crippen molar-refractivity contribution in [2.75, 3.05) is 17.2 Å². The molecule has 0 saturated heterocycles. The van der Waals surface area contributed by atoms with E-state index in [1.807, 2.05) is 6.07 Å². The summed E-state index contributed by atoms with van der Waals surface area (Å²) in [5.41, 5.74) is 1.32. The highest BCUT2D eigenvalue weighted by Gasteiger charge is 2.06. The van der Waals surface area contributed by atoms with Gasteiger partial charge in [0, 0.05) is 12.1 Å². The molecular formula is C17H20FN3O. The molecule has 1 aromatic carbocycles. The van der Waals surface area contributed by atoms with Crippen LogP contribution in [0.1, 0.15) is 36.5 Å². The van der Waals surface area contributed by atoms with Crippen LogP contribution in [0.3, 0.4) is 0 Å². The molecule has 4 nitrogen and oxygen atoms in total. The van der Waals surface area contributed by atoms with Crippen molar-refractivity contribution in [3.63, 3.8) is 0 Å². The van der Waals surface area contributed by atoms with Crippen LogP contribution in [-0.2, 0) is 0 Å². The lowest BCUT2D eigenvalue weighted by atomic mass is 10.2. The summed E-state index contributed by atoms with van der Waals surface area (Å²) < 4.78 is 12.8. The number of unbranched alkanes of at least 4 members (excludes halogenated alkanes) is 2. The molecule has 0 aliphatic heterocycles. The largest absolute Gasteiger partial charge is 0.384 e. The van der Waals surface area contributed by atoms with E-state index in [1.54, 1.807) is 12.3 Å². The Morgan fingerprint density at radius 1 is 1.14 bits per heavy atom. The smallest absolute Gasteiger partial charge is 0.256 e. The number of halogens is 1. The lowest BCUT2D eigenvalue weighted by Crippen LogP contribution is -2.13. The number of nitrogens with zero attached hydrogens (tertiary/aromatic N) is 1. The normalized spacial score (nSPS) is 10.3. The van der Waals surface area contributed by atoms with Crippen molar-refractivity contribution in [1.82, 2.24) is 4.98 Å². The van der Waals surface area contributed by atoms with E-state index in [2.05, 4.69) is 22.5 Å². The van der Waals surface area contributed by atoms with Crippen molar-refractivity contribution < 1.29 is 9.18 Å². The van der Waals surface area contributed by atoms with Crippen molar-refractivity contribution >= 4 is 17.4 Å². The standard InChI is InChI=1S/C17H20FN3O/c1-2-3-4-11-19-15-9-10-16(20-12-15)21-17(22)13-5-7-14(18)8-6-13/h5-10,12,19H,2-4,11H2,1H3,(H,20,21,22). The van der Waals surface area contributed by atoms with E-state index in [0.29, 0.717) is 11.4 Å².